The normalized spacial score (nSPS) is 10.9. The quantitative estimate of drug-likeness (QED) is 0.454. The third kappa shape index (κ3) is 3.72. The molecule has 0 radical (unpaired) electrons. The Balaban J connectivity index is 1.50. The summed E-state index contributed by atoms with van der Waals surface area (Å²) in [6, 6.07) is 13.7. The zero-order chi connectivity index (χ0) is 18.6. The molecule has 0 aliphatic rings. The fourth-order valence-corrected chi connectivity index (χ4v) is 4.33. The fraction of sp³-hybridized carbons (Fsp3) is 0.158. The van der Waals surface area contributed by atoms with Crippen molar-refractivity contribution in [2.45, 2.75) is 10.9 Å². The molecule has 0 unspecified atom stereocenters. The molecule has 0 N–H and O–H groups in total. The molecule has 0 amide bonds. The smallest absolute Gasteiger partial charge is 0.191 e. The summed E-state index contributed by atoms with van der Waals surface area (Å²) in [5, 5.41) is 12.5. The molecule has 8 heteroatoms. The molecular formula is C19H17N5OS2. The molecule has 136 valence electrons. The Morgan fingerprint density at radius 2 is 1.96 bits per heavy atom. The monoisotopic (exact) mass is 395 g/mol. The molecule has 6 nitrogen and oxygen atoms in total. The SMILES string of the molecule is COc1ccccc1-c1nnc(SCc2csc(-c3ccccn3)n2)n1C. The van der Waals surface area contributed by atoms with Gasteiger partial charge in [-0.3, -0.25) is 4.98 Å². The first-order valence-electron chi connectivity index (χ1n) is 8.27. The van der Waals surface area contributed by atoms with E-state index in [4.69, 9.17) is 4.74 Å². The van der Waals surface area contributed by atoms with Gasteiger partial charge in [-0.2, -0.15) is 0 Å². The van der Waals surface area contributed by atoms with Gasteiger partial charge in [0.1, 0.15) is 10.8 Å². The van der Waals surface area contributed by atoms with Gasteiger partial charge in [0.15, 0.2) is 11.0 Å². The molecule has 0 spiro atoms. The summed E-state index contributed by atoms with van der Waals surface area (Å²) < 4.78 is 7.42. The van der Waals surface area contributed by atoms with E-state index in [2.05, 4.69) is 25.5 Å². The van der Waals surface area contributed by atoms with Gasteiger partial charge in [0.25, 0.3) is 0 Å². The van der Waals surface area contributed by atoms with Crippen molar-refractivity contribution in [3.05, 3.63) is 59.7 Å². The Labute approximate surface area is 165 Å². The molecule has 27 heavy (non-hydrogen) atoms. The van der Waals surface area contributed by atoms with Crippen LogP contribution in [-0.2, 0) is 12.8 Å². The standard InChI is InChI=1S/C19H17N5OS2/c1-24-17(14-7-3-4-9-16(14)25-2)22-23-19(24)27-12-13-11-26-18(21-13)15-8-5-6-10-20-15/h3-11H,12H2,1-2H3. The van der Waals surface area contributed by atoms with Crippen LogP contribution in [0.15, 0.2) is 59.2 Å². The van der Waals surface area contributed by atoms with Gasteiger partial charge in [0.2, 0.25) is 0 Å². The maximum atomic E-state index is 5.44. The first kappa shape index (κ1) is 17.7. The number of thiazole rings is 1. The van der Waals surface area contributed by atoms with Gasteiger partial charge in [-0.1, -0.05) is 30.0 Å². The molecule has 0 aliphatic carbocycles. The molecule has 1 aromatic carbocycles. The second kappa shape index (κ2) is 7.89. The number of rotatable bonds is 6. The Morgan fingerprint density at radius 1 is 1.11 bits per heavy atom. The van der Waals surface area contributed by atoms with Crippen molar-refractivity contribution in [1.82, 2.24) is 24.7 Å². The van der Waals surface area contributed by atoms with Gasteiger partial charge in [-0.15, -0.1) is 21.5 Å². The first-order chi connectivity index (χ1) is 13.3. The first-order valence-corrected chi connectivity index (χ1v) is 10.1. The molecule has 4 rings (SSSR count). The Kier molecular flexibility index (Phi) is 5.17. The van der Waals surface area contributed by atoms with Gasteiger partial charge >= 0.3 is 0 Å². The molecule has 0 atom stereocenters. The van der Waals surface area contributed by atoms with Crippen LogP contribution in [0.25, 0.3) is 22.1 Å². The molecule has 0 saturated carbocycles. The van der Waals surface area contributed by atoms with Crippen molar-refractivity contribution in [2.75, 3.05) is 7.11 Å². The number of nitrogens with zero attached hydrogens (tertiary/aromatic N) is 5. The summed E-state index contributed by atoms with van der Waals surface area (Å²) in [5.41, 5.74) is 2.83. The highest BCUT2D eigenvalue weighted by Gasteiger charge is 2.15. The van der Waals surface area contributed by atoms with Crippen LogP contribution in [0.1, 0.15) is 5.69 Å². The summed E-state index contributed by atoms with van der Waals surface area (Å²) >= 11 is 3.21. The van der Waals surface area contributed by atoms with Gasteiger partial charge in [-0.25, -0.2) is 4.98 Å². The van der Waals surface area contributed by atoms with E-state index in [1.165, 1.54) is 0 Å². The van der Waals surface area contributed by atoms with E-state index in [-0.39, 0.29) is 0 Å². The Morgan fingerprint density at radius 3 is 2.78 bits per heavy atom. The highest BCUT2D eigenvalue weighted by Crippen LogP contribution is 2.31. The van der Waals surface area contributed by atoms with Gasteiger partial charge in [0.05, 0.1) is 24.1 Å². The molecule has 4 aromatic rings. The van der Waals surface area contributed by atoms with Gasteiger partial charge < -0.3 is 9.30 Å². The maximum absolute atomic E-state index is 5.44. The molecule has 0 aliphatic heterocycles. The number of methoxy groups -OCH3 is 1. The lowest BCUT2D eigenvalue weighted by Gasteiger charge is -2.07. The number of benzene rings is 1. The average Bonchev–Trinajstić information content (AvgIpc) is 3.34. The number of thioether (sulfide) groups is 1. The predicted octanol–water partition coefficient (Wildman–Crippen LogP) is 4.30. The lowest BCUT2D eigenvalue weighted by molar-refractivity contribution is 0.416. The number of ether oxygens (including phenoxy) is 1. The minimum atomic E-state index is 0.723. The highest BCUT2D eigenvalue weighted by atomic mass is 32.2. The zero-order valence-electron chi connectivity index (χ0n) is 14.9. The van der Waals surface area contributed by atoms with Crippen molar-refractivity contribution in [1.29, 1.82) is 0 Å². The number of pyridine rings is 1. The predicted molar refractivity (Wildman–Crippen MR) is 108 cm³/mol. The molecule has 3 heterocycles. The van der Waals surface area contributed by atoms with E-state index in [9.17, 15) is 0 Å². The number of hydrogen-bond acceptors (Lipinski definition) is 7. The van der Waals surface area contributed by atoms with Gasteiger partial charge in [0, 0.05) is 24.4 Å². The molecule has 3 aromatic heterocycles. The minimum Gasteiger partial charge on any atom is -0.496 e. The van der Waals surface area contributed by atoms with Crippen molar-refractivity contribution in [2.24, 2.45) is 7.05 Å². The highest BCUT2D eigenvalue weighted by molar-refractivity contribution is 7.98. The largest absolute Gasteiger partial charge is 0.496 e. The van der Waals surface area contributed by atoms with E-state index >= 15 is 0 Å². The second-order valence-corrected chi connectivity index (χ2v) is 7.51. The van der Waals surface area contributed by atoms with E-state index in [0.29, 0.717) is 0 Å². The van der Waals surface area contributed by atoms with Crippen molar-refractivity contribution in [3.8, 4) is 27.8 Å². The number of para-hydroxylation sites is 1. The van der Waals surface area contributed by atoms with Crippen LogP contribution in [0.3, 0.4) is 0 Å². The Hall–Kier alpha value is -2.71. The van der Waals surface area contributed by atoms with Crippen LogP contribution in [-0.4, -0.2) is 31.8 Å². The molecule has 0 bridgehead atoms. The molecular weight excluding hydrogens is 378 g/mol. The van der Waals surface area contributed by atoms with Crippen LogP contribution in [0.2, 0.25) is 0 Å². The Bertz CT molecular complexity index is 1050. The van der Waals surface area contributed by atoms with E-state index in [0.717, 1.165) is 44.4 Å². The summed E-state index contributed by atoms with van der Waals surface area (Å²) in [5.74, 6) is 2.28. The van der Waals surface area contributed by atoms with Crippen LogP contribution in [0.5, 0.6) is 5.75 Å². The van der Waals surface area contributed by atoms with E-state index in [1.807, 2.05) is 54.1 Å². The minimum absolute atomic E-state index is 0.723. The average molecular weight is 396 g/mol. The lowest BCUT2D eigenvalue weighted by atomic mass is 10.2. The number of aromatic nitrogens is 5. The van der Waals surface area contributed by atoms with E-state index < -0.39 is 0 Å². The summed E-state index contributed by atoms with van der Waals surface area (Å²) in [7, 11) is 3.62. The zero-order valence-corrected chi connectivity index (χ0v) is 16.5. The third-order valence-electron chi connectivity index (χ3n) is 3.97. The van der Waals surface area contributed by atoms with Crippen LogP contribution in [0.4, 0.5) is 0 Å². The van der Waals surface area contributed by atoms with E-state index in [1.54, 1.807) is 36.4 Å². The molecule has 0 saturated heterocycles. The van der Waals surface area contributed by atoms with Crippen LogP contribution in [0, 0.1) is 0 Å². The molecule has 0 fully saturated rings. The van der Waals surface area contributed by atoms with Gasteiger partial charge in [-0.05, 0) is 24.3 Å². The second-order valence-electron chi connectivity index (χ2n) is 5.71. The summed E-state index contributed by atoms with van der Waals surface area (Å²) in [6.45, 7) is 0. The third-order valence-corrected chi connectivity index (χ3v) is 5.94. The van der Waals surface area contributed by atoms with Crippen molar-refractivity contribution >= 4 is 23.1 Å². The topological polar surface area (TPSA) is 65.7 Å². The van der Waals surface area contributed by atoms with Crippen molar-refractivity contribution in [3.63, 3.8) is 0 Å². The van der Waals surface area contributed by atoms with Crippen molar-refractivity contribution < 1.29 is 4.74 Å². The maximum Gasteiger partial charge on any atom is 0.191 e. The summed E-state index contributed by atoms with van der Waals surface area (Å²) in [4.78, 5) is 9.03. The van der Waals surface area contributed by atoms with Crippen LogP contribution < -0.4 is 4.74 Å². The number of hydrogen-bond donors (Lipinski definition) is 0. The van der Waals surface area contributed by atoms with Crippen LogP contribution >= 0.6 is 23.1 Å². The lowest BCUT2D eigenvalue weighted by Crippen LogP contribution is -1.97. The fourth-order valence-electron chi connectivity index (χ4n) is 2.62. The summed E-state index contributed by atoms with van der Waals surface area (Å²) in [6.07, 6.45) is 1.78.